The van der Waals surface area contributed by atoms with Gasteiger partial charge in [0, 0.05) is 12.5 Å². The van der Waals surface area contributed by atoms with Gasteiger partial charge in [0.25, 0.3) is 0 Å². The summed E-state index contributed by atoms with van der Waals surface area (Å²) in [6.07, 6.45) is 5.76. The molecule has 1 aliphatic carbocycles. The van der Waals surface area contributed by atoms with Crippen LogP contribution in [0.5, 0.6) is 0 Å². The number of aromatic nitrogens is 3. The zero-order valence-electron chi connectivity index (χ0n) is 13.3. The van der Waals surface area contributed by atoms with Crippen LogP contribution in [-0.4, -0.2) is 31.7 Å². The molecule has 3 rings (SSSR count). The summed E-state index contributed by atoms with van der Waals surface area (Å²) < 4.78 is 1.66. The molecule has 2 atom stereocenters. The van der Waals surface area contributed by atoms with Crippen LogP contribution in [-0.2, 0) is 16.1 Å². The van der Waals surface area contributed by atoms with E-state index in [4.69, 9.17) is 5.11 Å². The summed E-state index contributed by atoms with van der Waals surface area (Å²) in [4.78, 5) is 27.3. The van der Waals surface area contributed by atoms with Crippen LogP contribution in [0.15, 0.2) is 36.9 Å². The highest BCUT2D eigenvalue weighted by Gasteiger charge is 2.30. The van der Waals surface area contributed by atoms with Gasteiger partial charge >= 0.3 is 5.97 Å². The number of carboxylic acid groups (broad SMARTS) is 1. The third kappa shape index (κ3) is 3.79. The molecule has 2 unspecified atom stereocenters. The van der Waals surface area contributed by atoms with Crippen molar-refractivity contribution in [3.05, 3.63) is 42.5 Å². The van der Waals surface area contributed by atoms with Gasteiger partial charge in [0.2, 0.25) is 5.91 Å². The molecular formula is C17H20N4O3. The second kappa shape index (κ2) is 7.25. The Kier molecular flexibility index (Phi) is 4.88. The first-order chi connectivity index (χ1) is 11.6. The fourth-order valence-corrected chi connectivity index (χ4v) is 3.09. The first-order valence-electron chi connectivity index (χ1n) is 8.08. The van der Waals surface area contributed by atoms with Crippen molar-refractivity contribution in [2.45, 2.75) is 32.2 Å². The van der Waals surface area contributed by atoms with E-state index in [1.807, 2.05) is 24.3 Å². The smallest absolute Gasteiger partial charge is 0.306 e. The van der Waals surface area contributed by atoms with E-state index in [0.717, 1.165) is 24.1 Å². The van der Waals surface area contributed by atoms with Gasteiger partial charge in [-0.25, -0.2) is 9.67 Å². The number of hydrogen-bond acceptors (Lipinski definition) is 4. The molecule has 1 aromatic carbocycles. The molecule has 1 amide bonds. The fourth-order valence-electron chi connectivity index (χ4n) is 3.09. The summed E-state index contributed by atoms with van der Waals surface area (Å²) in [5.74, 6) is -1.44. The fraction of sp³-hybridized carbons (Fsp3) is 0.412. The number of rotatable bonds is 5. The number of carbonyl (C=O) groups excluding carboxylic acids is 1. The lowest BCUT2D eigenvalue weighted by Crippen LogP contribution is -2.35. The first-order valence-corrected chi connectivity index (χ1v) is 8.08. The van der Waals surface area contributed by atoms with Crippen molar-refractivity contribution in [2.75, 3.05) is 0 Å². The minimum Gasteiger partial charge on any atom is -0.481 e. The monoisotopic (exact) mass is 328 g/mol. The lowest BCUT2D eigenvalue weighted by molar-refractivity contribution is -0.144. The Hall–Kier alpha value is -2.70. The van der Waals surface area contributed by atoms with E-state index in [9.17, 15) is 9.59 Å². The summed E-state index contributed by atoms with van der Waals surface area (Å²) in [6, 6.07) is 7.69. The minimum atomic E-state index is -0.795. The van der Waals surface area contributed by atoms with Crippen LogP contribution >= 0.6 is 0 Å². The van der Waals surface area contributed by atoms with Crippen molar-refractivity contribution < 1.29 is 14.7 Å². The lowest BCUT2D eigenvalue weighted by Gasteiger charge is -2.25. The highest BCUT2D eigenvalue weighted by Crippen LogP contribution is 2.29. The van der Waals surface area contributed by atoms with Crippen molar-refractivity contribution in [1.82, 2.24) is 20.1 Å². The third-order valence-electron chi connectivity index (χ3n) is 4.48. The molecule has 1 heterocycles. The normalized spacial score (nSPS) is 20.5. The number of carboxylic acids is 1. The molecule has 1 fully saturated rings. The molecule has 24 heavy (non-hydrogen) atoms. The Labute approximate surface area is 139 Å². The highest BCUT2D eigenvalue weighted by molar-refractivity contribution is 5.80. The van der Waals surface area contributed by atoms with Crippen molar-refractivity contribution in [3.63, 3.8) is 0 Å². The van der Waals surface area contributed by atoms with Gasteiger partial charge in [0.15, 0.2) is 0 Å². The Morgan fingerprint density at radius 1 is 1.21 bits per heavy atom. The topological polar surface area (TPSA) is 97.1 Å². The Bertz CT molecular complexity index is 697. The predicted octanol–water partition coefficient (Wildman–Crippen LogP) is 1.77. The summed E-state index contributed by atoms with van der Waals surface area (Å²) in [7, 11) is 0. The van der Waals surface area contributed by atoms with E-state index in [0.29, 0.717) is 19.4 Å². The van der Waals surface area contributed by atoms with Crippen LogP contribution in [0.1, 0.15) is 31.2 Å². The summed E-state index contributed by atoms with van der Waals surface area (Å²) in [5, 5.41) is 16.1. The van der Waals surface area contributed by atoms with E-state index in [-0.39, 0.29) is 11.8 Å². The van der Waals surface area contributed by atoms with Gasteiger partial charge in [-0.05, 0) is 37.0 Å². The number of amides is 1. The first kappa shape index (κ1) is 16.2. The van der Waals surface area contributed by atoms with Crippen molar-refractivity contribution in [2.24, 2.45) is 11.8 Å². The lowest BCUT2D eigenvalue weighted by atomic mass is 9.81. The molecule has 126 valence electrons. The van der Waals surface area contributed by atoms with Gasteiger partial charge in [0.1, 0.15) is 12.7 Å². The van der Waals surface area contributed by atoms with E-state index in [1.165, 1.54) is 6.33 Å². The minimum absolute atomic E-state index is 0.0543. The van der Waals surface area contributed by atoms with Gasteiger partial charge in [-0.1, -0.05) is 18.6 Å². The van der Waals surface area contributed by atoms with Crippen LogP contribution < -0.4 is 5.32 Å². The molecular weight excluding hydrogens is 308 g/mol. The number of hydrogen-bond donors (Lipinski definition) is 2. The summed E-state index contributed by atoms with van der Waals surface area (Å²) in [5.41, 5.74) is 1.89. The van der Waals surface area contributed by atoms with Gasteiger partial charge in [-0.15, -0.1) is 0 Å². The number of nitrogens with one attached hydrogen (secondary N) is 1. The summed E-state index contributed by atoms with van der Waals surface area (Å²) in [6.45, 7) is 0.435. The van der Waals surface area contributed by atoms with Gasteiger partial charge in [0.05, 0.1) is 11.6 Å². The second-order valence-corrected chi connectivity index (χ2v) is 6.12. The van der Waals surface area contributed by atoms with Crippen LogP contribution in [0.25, 0.3) is 5.69 Å². The van der Waals surface area contributed by atoms with Crippen molar-refractivity contribution in [1.29, 1.82) is 0 Å². The van der Waals surface area contributed by atoms with Gasteiger partial charge < -0.3 is 10.4 Å². The third-order valence-corrected chi connectivity index (χ3v) is 4.48. The molecule has 7 heteroatoms. The Morgan fingerprint density at radius 2 is 1.96 bits per heavy atom. The van der Waals surface area contributed by atoms with Gasteiger partial charge in [-0.2, -0.15) is 5.10 Å². The Balaban J connectivity index is 1.53. The van der Waals surface area contributed by atoms with Crippen LogP contribution in [0.2, 0.25) is 0 Å². The maximum atomic E-state index is 12.3. The van der Waals surface area contributed by atoms with E-state index in [2.05, 4.69) is 15.4 Å². The molecule has 1 aromatic heterocycles. The molecule has 0 aliphatic heterocycles. The highest BCUT2D eigenvalue weighted by atomic mass is 16.4. The molecule has 0 bridgehead atoms. The van der Waals surface area contributed by atoms with E-state index in [1.54, 1.807) is 11.0 Å². The van der Waals surface area contributed by atoms with Crippen LogP contribution in [0, 0.1) is 11.8 Å². The molecule has 0 spiro atoms. The van der Waals surface area contributed by atoms with Crippen LogP contribution in [0.4, 0.5) is 0 Å². The summed E-state index contributed by atoms with van der Waals surface area (Å²) >= 11 is 0. The number of aliphatic carboxylic acids is 1. The average Bonchev–Trinajstić information content (AvgIpc) is 3.15. The molecule has 2 aromatic rings. The number of benzene rings is 1. The van der Waals surface area contributed by atoms with Gasteiger partial charge in [-0.3, -0.25) is 9.59 Å². The molecule has 0 saturated heterocycles. The number of nitrogens with zero attached hydrogens (tertiary/aromatic N) is 3. The van der Waals surface area contributed by atoms with Crippen molar-refractivity contribution in [3.8, 4) is 5.69 Å². The molecule has 1 aliphatic rings. The Morgan fingerprint density at radius 3 is 2.62 bits per heavy atom. The zero-order chi connectivity index (χ0) is 16.9. The van der Waals surface area contributed by atoms with E-state index >= 15 is 0 Å². The molecule has 1 saturated carbocycles. The maximum absolute atomic E-state index is 12.3. The quantitative estimate of drug-likeness (QED) is 0.872. The predicted molar refractivity (Wildman–Crippen MR) is 86.3 cm³/mol. The van der Waals surface area contributed by atoms with Crippen molar-refractivity contribution >= 4 is 11.9 Å². The average molecular weight is 328 g/mol. The zero-order valence-corrected chi connectivity index (χ0v) is 13.3. The second-order valence-electron chi connectivity index (χ2n) is 6.12. The largest absolute Gasteiger partial charge is 0.481 e. The SMILES string of the molecule is O=C(O)C1CCCC(C(=O)NCc2ccc(-n3cncn3)cc2)C1. The standard InChI is InChI=1S/C17H20N4O3/c22-16(13-2-1-3-14(8-13)17(23)24)19-9-12-4-6-15(7-5-12)21-11-18-10-20-21/h4-7,10-11,13-14H,1-3,8-9H2,(H,19,22)(H,23,24). The number of carbonyl (C=O) groups is 2. The van der Waals surface area contributed by atoms with Crippen LogP contribution in [0.3, 0.4) is 0 Å². The maximum Gasteiger partial charge on any atom is 0.306 e. The molecule has 2 N–H and O–H groups in total. The molecule has 0 radical (unpaired) electrons. The molecule has 7 nitrogen and oxygen atoms in total. The van der Waals surface area contributed by atoms with E-state index < -0.39 is 11.9 Å².